The minimum atomic E-state index is 0.0152. The molecule has 0 aromatic carbocycles. The number of aliphatic imine (C=N–C) groups is 1. The second-order valence-corrected chi connectivity index (χ2v) is 1.76. The van der Waals surface area contributed by atoms with E-state index in [1.807, 2.05) is 0 Å². The van der Waals surface area contributed by atoms with Gasteiger partial charge in [0.25, 0.3) is 0 Å². The van der Waals surface area contributed by atoms with Crippen LogP contribution in [0.25, 0.3) is 0 Å². The van der Waals surface area contributed by atoms with E-state index in [2.05, 4.69) is 10.1 Å². The average Bonchev–Trinajstić information content (AvgIpc) is 2.52. The zero-order valence-electron chi connectivity index (χ0n) is 5.77. The Hall–Kier alpha value is -1.78. The maximum absolute atomic E-state index is 5.17. The van der Waals surface area contributed by atoms with Crippen LogP contribution in [0.15, 0.2) is 32.9 Å². The van der Waals surface area contributed by atoms with Gasteiger partial charge in [-0.3, -0.25) is 0 Å². The van der Waals surface area contributed by atoms with E-state index >= 15 is 0 Å². The summed E-state index contributed by atoms with van der Waals surface area (Å²) in [5.41, 5.74) is 5.17. The molecule has 0 atom stereocenters. The van der Waals surface area contributed by atoms with Crippen molar-refractivity contribution in [3.05, 3.63) is 24.2 Å². The molecule has 1 rings (SSSR count). The third kappa shape index (κ3) is 2.13. The summed E-state index contributed by atoms with van der Waals surface area (Å²) in [6, 6.07) is 3.49. The van der Waals surface area contributed by atoms with E-state index in [0.29, 0.717) is 5.76 Å². The minimum Gasteiger partial charge on any atom is -0.463 e. The van der Waals surface area contributed by atoms with E-state index in [4.69, 9.17) is 16.0 Å². The second kappa shape index (κ2) is 3.40. The molecule has 1 aromatic rings. The van der Waals surface area contributed by atoms with Crippen LogP contribution in [0.5, 0.6) is 0 Å². The highest BCUT2D eigenvalue weighted by molar-refractivity contribution is 5.91. The average molecular weight is 152 g/mol. The smallest absolute Gasteiger partial charge is 0.237 e. The van der Waals surface area contributed by atoms with Crippen LogP contribution < -0.4 is 11.6 Å². The van der Waals surface area contributed by atoms with Crippen LogP contribution in [0, 0.1) is 0 Å². The lowest BCUT2D eigenvalue weighted by atomic mass is 10.5. The summed E-state index contributed by atoms with van der Waals surface area (Å²) in [5, 5.41) is 3.14. The third-order valence-electron chi connectivity index (χ3n) is 1.000. The first kappa shape index (κ1) is 7.33. The lowest BCUT2D eigenvalue weighted by Crippen LogP contribution is -2.10. The number of nitrogens with two attached hydrogens (primary N) is 2. The number of furan rings is 1. The van der Waals surface area contributed by atoms with E-state index in [9.17, 15) is 0 Å². The largest absolute Gasteiger partial charge is 0.463 e. The molecule has 0 amide bonds. The van der Waals surface area contributed by atoms with E-state index in [0.717, 1.165) is 0 Å². The molecule has 5 heteroatoms. The molecule has 0 radical (unpaired) electrons. The molecular weight excluding hydrogens is 144 g/mol. The van der Waals surface area contributed by atoms with E-state index < -0.39 is 0 Å². The van der Waals surface area contributed by atoms with Gasteiger partial charge in [0.2, 0.25) is 5.96 Å². The molecule has 0 bridgehead atoms. The molecule has 0 saturated heterocycles. The maximum Gasteiger partial charge on any atom is 0.237 e. The summed E-state index contributed by atoms with van der Waals surface area (Å²) >= 11 is 0. The molecule has 0 fully saturated rings. The monoisotopic (exact) mass is 152 g/mol. The van der Waals surface area contributed by atoms with Crippen molar-refractivity contribution in [2.24, 2.45) is 21.7 Å². The molecule has 11 heavy (non-hydrogen) atoms. The predicted molar refractivity (Wildman–Crippen MR) is 42.1 cm³/mol. The van der Waals surface area contributed by atoms with Crippen LogP contribution in [0.2, 0.25) is 0 Å². The topological polar surface area (TPSA) is 89.9 Å². The number of hydrazone groups is 1. The zero-order valence-corrected chi connectivity index (χ0v) is 5.77. The summed E-state index contributed by atoms with van der Waals surface area (Å²) in [5.74, 6) is 5.45. The molecule has 5 nitrogen and oxygen atoms in total. The minimum absolute atomic E-state index is 0.0152. The third-order valence-corrected chi connectivity index (χ3v) is 1.000. The highest BCUT2D eigenvalue weighted by Crippen LogP contribution is 1.94. The second-order valence-electron chi connectivity index (χ2n) is 1.76. The van der Waals surface area contributed by atoms with E-state index in [-0.39, 0.29) is 5.96 Å². The molecule has 0 aliphatic heterocycles. The van der Waals surface area contributed by atoms with E-state index in [1.54, 1.807) is 12.1 Å². The van der Waals surface area contributed by atoms with Gasteiger partial charge >= 0.3 is 0 Å². The lowest BCUT2D eigenvalue weighted by Gasteiger charge is -1.85. The fourth-order valence-electron chi connectivity index (χ4n) is 0.528. The van der Waals surface area contributed by atoms with Crippen LogP contribution in [0.1, 0.15) is 5.76 Å². The number of nitrogens with zero attached hydrogens (tertiary/aromatic N) is 2. The molecule has 0 aliphatic rings. The lowest BCUT2D eigenvalue weighted by molar-refractivity contribution is 0.560. The number of hydrogen-bond donors (Lipinski definition) is 2. The van der Waals surface area contributed by atoms with Crippen LogP contribution >= 0.6 is 0 Å². The molecule has 0 spiro atoms. The van der Waals surface area contributed by atoms with Crippen molar-refractivity contribution >= 4 is 12.2 Å². The first-order chi connectivity index (χ1) is 5.33. The van der Waals surface area contributed by atoms with Crippen molar-refractivity contribution < 1.29 is 4.42 Å². The summed E-state index contributed by atoms with van der Waals surface area (Å²) in [6.07, 6.45) is 2.98. The van der Waals surface area contributed by atoms with Crippen LogP contribution in [-0.4, -0.2) is 12.2 Å². The van der Waals surface area contributed by atoms with Gasteiger partial charge in [-0.1, -0.05) is 0 Å². The van der Waals surface area contributed by atoms with Crippen molar-refractivity contribution in [3.8, 4) is 0 Å². The van der Waals surface area contributed by atoms with Gasteiger partial charge in [0, 0.05) is 0 Å². The Morgan fingerprint density at radius 2 is 2.45 bits per heavy atom. The van der Waals surface area contributed by atoms with Gasteiger partial charge in [-0.25, -0.2) is 4.99 Å². The Balaban J connectivity index is 2.63. The summed E-state index contributed by atoms with van der Waals surface area (Å²) in [4.78, 5) is 3.67. The maximum atomic E-state index is 5.17. The number of guanidine groups is 1. The number of rotatable bonds is 1. The molecular formula is C6H8N4O. The van der Waals surface area contributed by atoms with Crippen molar-refractivity contribution in [2.75, 3.05) is 0 Å². The SMILES string of the molecule is N/N=C(\N)N=Cc1ccco1. The first-order valence-electron chi connectivity index (χ1n) is 2.94. The van der Waals surface area contributed by atoms with Gasteiger partial charge < -0.3 is 16.0 Å². The molecule has 1 aromatic heterocycles. The molecule has 0 aliphatic carbocycles. The summed E-state index contributed by atoms with van der Waals surface area (Å²) in [7, 11) is 0. The van der Waals surface area contributed by atoms with Crippen LogP contribution in [-0.2, 0) is 0 Å². The Kier molecular flexibility index (Phi) is 2.27. The summed E-state index contributed by atoms with van der Waals surface area (Å²) < 4.78 is 4.93. The van der Waals surface area contributed by atoms with Crippen LogP contribution in [0.4, 0.5) is 0 Å². The fraction of sp³-hybridized carbons (Fsp3) is 0. The standard InChI is InChI=1S/C6H8N4O/c7-6(10-8)9-4-5-2-1-3-11-5/h1-4H,8H2,(H2,7,10). The van der Waals surface area contributed by atoms with Crippen molar-refractivity contribution in [1.29, 1.82) is 0 Å². The molecule has 58 valence electrons. The molecule has 4 N–H and O–H groups in total. The quantitative estimate of drug-likeness (QED) is 0.254. The summed E-state index contributed by atoms with van der Waals surface area (Å²) in [6.45, 7) is 0. The van der Waals surface area contributed by atoms with Crippen molar-refractivity contribution in [3.63, 3.8) is 0 Å². The zero-order chi connectivity index (χ0) is 8.10. The van der Waals surface area contributed by atoms with Gasteiger partial charge in [0.15, 0.2) is 0 Å². The molecule has 1 heterocycles. The molecule has 0 saturated carbocycles. The first-order valence-corrected chi connectivity index (χ1v) is 2.94. The predicted octanol–water partition coefficient (Wildman–Crippen LogP) is -0.113. The van der Waals surface area contributed by atoms with Gasteiger partial charge in [-0.2, -0.15) is 0 Å². The van der Waals surface area contributed by atoms with Gasteiger partial charge in [0.05, 0.1) is 12.5 Å². The Morgan fingerprint density at radius 3 is 3.00 bits per heavy atom. The normalized spacial score (nSPS) is 12.5. The Labute approximate surface area is 63.4 Å². The highest BCUT2D eigenvalue weighted by Gasteiger charge is 1.88. The highest BCUT2D eigenvalue weighted by atomic mass is 16.3. The van der Waals surface area contributed by atoms with Crippen LogP contribution in [0.3, 0.4) is 0 Å². The van der Waals surface area contributed by atoms with E-state index in [1.165, 1.54) is 12.5 Å². The van der Waals surface area contributed by atoms with Gasteiger partial charge in [-0.05, 0) is 12.1 Å². The van der Waals surface area contributed by atoms with Crippen molar-refractivity contribution in [1.82, 2.24) is 0 Å². The molecule has 0 unspecified atom stereocenters. The van der Waals surface area contributed by atoms with Crippen molar-refractivity contribution in [2.45, 2.75) is 0 Å². The Morgan fingerprint density at radius 1 is 1.64 bits per heavy atom. The number of hydrogen-bond acceptors (Lipinski definition) is 3. The fourth-order valence-corrected chi connectivity index (χ4v) is 0.528. The van der Waals surface area contributed by atoms with Gasteiger partial charge in [-0.15, -0.1) is 5.10 Å². The Bertz CT molecular complexity index is 262. The van der Waals surface area contributed by atoms with Gasteiger partial charge in [0.1, 0.15) is 5.76 Å².